The molecule has 0 unspecified atom stereocenters. The van der Waals surface area contributed by atoms with Gasteiger partial charge in [-0.05, 0) is 81.1 Å². The maximum Gasteiger partial charge on any atom is 0.280 e. The molecule has 0 amide bonds. The third kappa shape index (κ3) is 6.35. The minimum Gasteiger partial charge on any atom is -0.370 e. The molecule has 2 aliphatic heterocycles. The molecule has 44 heavy (non-hydrogen) atoms. The number of aryl methyl sites for hydroxylation is 3. The summed E-state index contributed by atoms with van der Waals surface area (Å²) in [4.78, 5) is 24.9. The Morgan fingerprint density at radius 3 is 2.50 bits per heavy atom. The highest BCUT2D eigenvalue weighted by Gasteiger charge is 2.42. The highest BCUT2D eigenvalue weighted by molar-refractivity contribution is 5.83. The lowest BCUT2D eigenvalue weighted by Crippen LogP contribution is -2.55. The van der Waals surface area contributed by atoms with Gasteiger partial charge in [0.1, 0.15) is 0 Å². The first-order valence-corrected chi connectivity index (χ1v) is 15.6. The van der Waals surface area contributed by atoms with Crippen molar-refractivity contribution in [3.05, 3.63) is 99.6 Å². The molecule has 2 saturated heterocycles. The molecule has 2 N–H and O–H groups in total. The Bertz CT molecular complexity index is 1690. The van der Waals surface area contributed by atoms with Gasteiger partial charge in [-0.1, -0.05) is 17.7 Å². The largest absolute Gasteiger partial charge is 0.370 e. The molecule has 4 heterocycles. The molecule has 2 aliphatic rings. The normalized spacial score (nSPS) is 20.4. The molecule has 2 aromatic heterocycles. The van der Waals surface area contributed by atoms with E-state index < -0.39 is 18.5 Å². The number of halogens is 2. The summed E-state index contributed by atoms with van der Waals surface area (Å²) in [6, 6.07) is 17.4. The Hall–Kier alpha value is -3.82. The van der Waals surface area contributed by atoms with Crippen LogP contribution in [0.1, 0.15) is 41.6 Å². The average molecular weight is 601 g/mol. The van der Waals surface area contributed by atoms with E-state index in [0.717, 1.165) is 42.7 Å². The number of hydrogen-bond acceptors (Lipinski definition) is 6. The zero-order valence-corrected chi connectivity index (χ0v) is 25.8. The smallest absolute Gasteiger partial charge is 0.280 e. The molecular formula is C35H42F2N6O. The van der Waals surface area contributed by atoms with Crippen LogP contribution in [0.2, 0.25) is 0 Å². The Labute approximate surface area is 257 Å². The summed E-state index contributed by atoms with van der Waals surface area (Å²) < 4.78 is 30.8. The minimum absolute atomic E-state index is 0.0160. The number of alkyl halides is 2. The zero-order chi connectivity index (χ0) is 31.0. The highest BCUT2D eigenvalue weighted by Crippen LogP contribution is 2.31. The van der Waals surface area contributed by atoms with Crippen LogP contribution < -0.4 is 21.0 Å². The van der Waals surface area contributed by atoms with E-state index in [9.17, 15) is 13.6 Å². The average Bonchev–Trinajstić information content (AvgIpc) is 3.01. The molecule has 0 saturated carbocycles. The molecule has 6 rings (SSSR count). The van der Waals surface area contributed by atoms with Gasteiger partial charge in [0.15, 0.2) is 5.43 Å². The zero-order valence-electron chi connectivity index (χ0n) is 25.8. The molecule has 7 nitrogen and oxygen atoms in total. The van der Waals surface area contributed by atoms with Crippen molar-refractivity contribution in [2.45, 2.75) is 64.2 Å². The molecule has 4 aromatic rings. The van der Waals surface area contributed by atoms with E-state index in [4.69, 9.17) is 5.73 Å². The maximum atomic E-state index is 14.4. The van der Waals surface area contributed by atoms with Crippen molar-refractivity contribution in [3.63, 3.8) is 0 Å². The number of aromatic nitrogens is 2. The quantitative estimate of drug-likeness (QED) is 0.307. The van der Waals surface area contributed by atoms with Crippen LogP contribution >= 0.6 is 0 Å². The second-order valence-electron chi connectivity index (χ2n) is 12.7. The van der Waals surface area contributed by atoms with Crippen LogP contribution in [0.15, 0.2) is 71.8 Å². The van der Waals surface area contributed by atoms with Gasteiger partial charge >= 0.3 is 0 Å². The second-order valence-corrected chi connectivity index (χ2v) is 12.7. The van der Waals surface area contributed by atoms with Gasteiger partial charge < -0.3 is 20.1 Å². The van der Waals surface area contributed by atoms with Crippen molar-refractivity contribution in [1.82, 2.24) is 14.5 Å². The van der Waals surface area contributed by atoms with Crippen LogP contribution in [0.25, 0.3) is 10.9 Å². The Kier molecular flexibility index (Phi) is 8.44. The Morgan fingerprint density at radius 1 is 0.977 bits per heavy atom. The summed E-state index contributed by atoms with van der Waals surface area (Å²) in [7, 11) is 1.92. The van der Waals surface area contributed by atoms with Gasteiger partial charge in [-0.3, -0.25) is 14.7 Å². The number of benzene rings is 2. The van der Waals surface area contributed by atoms with E-state index in [0.29, 0.717) is 30.7 Å². The van der Waals surface area contributed by atoms with Gasteiger partial charge in [0.05, 0.1) is 18.1 Å². The SMILES string of the molecule is Cc1ccc(N2CCC[C@H](N(Cc3ccnc(C)c3)Cc3cn(C)c4cc(N5CC[C@H](N)C(F)(F)C5)ccc4c3=O)C2)cc1. The van der Waals surface area contributed by atoms with E-state index in [1.54, 1.807) is 17.0 Å². The topological polar surface area (TPSA) is 70.6 Å². The molecule has 2 atom stereocenters. The minimum atomic E-state index is -2.95. The molecule has 2 fully saturated rings. The third-order valence-electron chi connectivity index (χ3n) is 9.30. The van der Waals surface area contributed by atoms with Crippen molar-refractivity contribution < 1.29 is 8.78 Å². The van der Waals surface area contributed by atoms with Crippen LogP contribution in [0, 0.1) is 13.8 Å². The second kappa shape index (κ2) is 12.3. The molecule has 232 valence electrons. The summed E-state index contributed by atoms with van der Waals surface area (Å²) in [5.74, 6) is -2.95. The Balaban J connectivity index is 1.30. The number of rotatable bonds is 7. The van der Waals surface area contributed by atoms with Gasteiger partial charge in [0.2, 0.25) is 0 Å². The summed E-state index contributed by atoms with van der Waals surface area (Å²) in [5, 5.41) is 0.596. The molecule has 0 aliphatic carbocycles. The van der Waals surface area contributed by atoms with E-state index in [-0.39, 0.29) is 17.9 Å². The molecule has 2 aromatic carbocycles. The number of pyridine rings is 2. The summed E-state index contributed by atoms with van der Waals surface area (Å²) in [5.41, 5.74) is 12.4. The van der Waals surface area contributed by atoms with E-state index in [1.807, 2.05) is 37.0 Å². The highest BCUT2D eigenvalue weighted by atomic mass is 19.3. The van der Waals surface area contributed by atoms with Gasteiger partial charge in [-0.2, -0.15) is 0 Å². The number of fused-ring (bicyclic) bond motifs is 1. The van der Waals surface area contributed by atoms with Crippen molar-refractivity contribution >= 4 is 22.3 Å². The van der Waals surface area contributed by atoms with E-state index in [1.165, 1.54) is 16.8 Å². The van der Waals surface area contributed by atoms with Crippen molar-refractivity contribution in [2.24, 2.45) is 12.8 Å². The van der Waals surface area contributed by atoms with Crippen LogP contribution in [0.5, 0.6) is 0 Å². The van der Waals surface area contributed by atoms with Crippen molar-refractivity contribution in [2.75, 3.05) is 36.0 Å². The predicted octanol–water partition coefficient (Wildman–Crippen LogP) is 5.39. The van der Waals surface area contributed by atoms with Gasteiger partial charge in [-0.25, -0.2) is 8.78 Å². The number of nitrogens with zero attached hydrogens (tertiary/aromatic N) is 5. The number of anilines is 2. The van der Waals surface area contributed by atoms with E-state index in [2.05, 4.69) is 58.1 Å². The van der Waals surface area contributed by atoms with Crippen LogP contribution in [-0.4, -0.2) is 58.6 Å². The van der Waals surface area contributed by atoms with Crippen molar-refractivity contribution in [1.29, 1.82) is 0 Å². The van der Waals surface area contributed by atoms with Gasteiger partial charge in [-0.15, -0.1) is 0 Å². The summed E-state index contributed by atoms with van der Waals surface area (Å²) in [6.07, 6.45) is 6.11. The summed E-state index contributed by atoms with van der Waals surface area (Å²) in [6.45, 7) is 7.25. The van der Waals surface area contributed by atoms with Crippen LogP contribution in [0.4, 0.5) is 20.2 Å². The first-order valence-electron chi connectivity index (χ1n) is 15.6. The molecule has 0 radical (unpaired) electrons. The lowest BCUT2D eigenvalue weighted by atomic mass is 10.00. The monoisotopic (exact) mass is 600 g/mol. The molecular weight excluding hydrogens is 558 g/mol. The maximum absolute atomic E-state index is 14.4. The predicted molar refractivity (Wildman–Crippen MR) is 174 cm³/mol. The third-order valence-corrected chi connectivity index (χ3v) is 9.30. The van der Waals surface area contributed by atoms with E-state index >= 15 is 0 Å². The molecule has 0 bridgehead atoms. The number of hydrogen-bond donors (Lipinski definition) is 1. The fourth-order valence-corrected chi connectivity index (χ4v) is 6.74. The Morgan fingerprint density at radius 2 is 1.75 bits per heavy atom. The first-order chi connectivity index (χ1) is 21.1. The molecule has 0 spiro atoms. The van der Waals surface area contributed by atoms with Gasteiger partial charge in [0, 0.05) is 86.2 Å². The van der Waals surface area contributed by atoms with Crippen LogP contribution in [-0.2, 0) is 20.1 Å². The number of piperidine rings is 2. The fourth-order valence-electron chi connectivity index (χ4n) is 6.74. The number of nitrogens with two attached hydrogens (primary N) is 1. The van der Waals surface area contributed by atoms with Crippen LogP contribution in [0.3, 0.4) is 0 Å². The van der Waals surface area contributed by atoms with Crippen molar-refractivity contribution in [3.8, 4) is 0 Å². The summed E-state index contributed by atoms with van der Waals surface area (Å²) >= 11 is 0. The lowest BCUT2D eigenvalue weighted by molar-refractivity contribution is -0.0299. The lowest BCUT2D eigenvalue weighted by Gasteiger charge is -2.40. The fraction of sp³-hybridized carbons (Fsp3) is 0.429. The molecule has 9 heteroatoms. The van der Waals surface area contributed by atoms with Gasteiger partial charge in [0.25, 0.3) is 5.92 Å². The standard InChI is InChI=1S/C35H42F2N6O/c1-24-6-8-28(9-7-24)41-15-4-5-30(22-41)43(19-26-12-14-39-25(2)17-26)21-27-20-40(3)32-18-29(10-11-31(32)34(27)44)42-16-13-33(38)35(36,37)23-42/h6-12,14,17-18,20,30,33H,4-5,13,15-16,19,21-23,38H2,1-3H3/t30-,33-/m0/s1. The first kappa shape index (κ1) is 30.2.